The van der Waals surface area contributed by atoms with Gasteiger partial charge in [-0.3, -0.25) is 9.48 Å². The Morgan fingerprint density at radius 2 is 2.33 bits per heavy atom. The number of aromatic nitrogens is 2. The molecule has 1 rings (SSSR count). The van der Waals surface area contributed by atoms with E-state index in [9.17, 15) is 4.79 Å². The van der Waals surface area contributed by atoms with Crippen LogP contribution in [0.15, 0.2) is 6.20 Å². The number of nitrogens with zero attached hydrogens (tertiary/aromatic N) is 2. The summed E-state index contributed by atoms with van der Waals surface area (Å²) in [4.78, 5) is 10.6. The van der Waals surface area contributed by atoms with Crippen LogP contribution in [0.4, 0.5) is 0 Å². The number of aldehydes is 1. The zero-order valence-corrected chi connectivity index (χ0v) is 7.74. The van der Waals surface area contributed by atoms with E-state index in [-0.39, 0.29) is 0 Å². The highest BCUT2D eigenvalue weighted by Crippen LogP contribution is 2.12. The molecule has 0 saturated carbocycles. The van der Waals surface area contributed by atoms with E-state index in [0.29, 0.717) is 11.6 Å². The lowest BCUT2D eigenvalue weighted by molar-refractivity contribution is 0.112. The van der Waals surface area contributed by atoms with Crippen molar-refractivity contribution in [3.63, 3.8) is 0 Å². The van der Waals surface area contributed by atoms with Crippen molar-refractivity contribution in [1.29, 1.82) is 0 Å². The van der Waals surface area contributed by atoms with E-state index < -0.39 is 0 Å². The Kier molecular flexibility index (Phi) is 2.63. The van der Waals surface area contributed by atoms with Crippen molar-refractivity contribution in [3.8, 4) is 0 Å². The van der Waals surface area contributed by atoms with Crippen molar-refractivity contribution in [2.24, 2.45) is 0 Å². The van der Waals surface area contributed by atoms with Crippen LogP contribution in [0.5, 0.6) is 0 Å². The smallest absolute Gasteiger partial charge is 0.153 e. The van der Waals surface area contributed by atoms with Crippen LogP contribution in [0.2, 0.25) is 0 Å². The minimum Gasteiger partial charge on any atom is -0.298 e. The van der Waals surface area contributed by atoms with Gasteiger partial charge in [0, 0.05) is 11.7 Å². The van der Waals surface area contributed by atoms with Gasteiger partial charge in [0.2, 0.25) is 0 Å². The second-order valence-electron chi connectivity index (χ2n) is 3.06. The SMILES string of the molecule is CCc1c(C=O)cnn1C(C)C. The summed E-state index contributed by atoms with van der Waals surface area (Å²) in [5.41, 5.74) is 1.74. The molecule has 0 bridgehead atoms. The Hall–Kier alpha value is -1.12. The topological polar surface area (TPSA) is 34.9 Å². The van der Waals surface area contributed by atoms with Crippen molar-refractivity contribution in [2.45, 2.75) is 33.2 Å². The molecule has 0 aliphatic heterocycles. The average molecular weight is 166 g/mol. The standard InChI is InChI=1S/C9H14N2O/c1-4-9-8(6-12)5-10-11(9)7(2)3/h5-7H,4H2,1-3H3. The average Bonchev–Trinajstić information content (AvgIpc) is 2.46. The Labute approximate surface area is 72.4 Å². The van der Waals surface area contributed by atoms with Gasteiger partial charge in [-0.15, -0.1) is 0 Å². The summed E-state index contributed by atoms with van der Waals surface area (Å²) < 4.78 is 1.89. The van der Waals surface area contributed by atoms with Gasteiger partial charge in [0.1, 0.15) is 0 Å². The van der Waals surface area contributed by atoms with Crippen LogP contribution in [0.25, 0.3) is 0 Å². The van der Waals surface area contributed by atoms with Crippen molar-refractivity contribution in [3.05, 3.63) is 17.5 Å². The maximum atomic E-state index is 10.6. The van der Waals surface area contributed by atoms with Gasteiger partial charge in [-0.2, -0.15) is 5.10 Å². The highest BCUT2D eigenvalue weighted by atomic mass is 16.1. The van der Waals surface area contributed by atoms with Gasteiger partial charge in [0.05, 0.1) is 11.8 Å². The summed E-state index contributed by atoms with van der Waals surface area (Å²) in [7, 11) is 0. The Morgan fingerprint density at radius 1 is 1.67 bits per heavy atom. The van der Waals surface area contributed by atoms with Crippen LogP contribution in [-0.4, -0.2) is 16.1 Å². The molecule has 0 aliphatic carbocycles. The van der Waals surface area contributed by atoms with Crippen LogP contribution in [0, 0.1) is 0 Å². The molecule has 0 radical (unpaired) electrons. The number of rotatable bonds is 3. The molecule has 0 fully saturated rings. The Morgan fingerprint density at radius 3 is 2.75 bits per heavy atom. The molecule has 0 aromatic carbocycles. The summed E-state index contributed by atoms with van der Waals surface area (Å²) in [6, 6.07) is 0.327. The molecule has 0 amide bonds. The van der Waals surface area contributed by atoms with Crippen molar-refractivity contribution < 1.29 is 4.79 Å². The zero-order valence-electron chi connectivity index (χ0n) is 7.74. The van der Waals surface area contributed by atoms with Crippen LogP contribution >= 0.6 is 0 Å². The lowest BCUT2D eigenvalue weighted by atomic mass is 10.2. The molecule has 0 unspecified atom stereocenters. The molecule has 1 heterocycles. The van der Waals surface area contributed by atoms with Crippen LogP contribution in [0.1, 0.15) is 42.9 Å². The fraction of sp³-hybridized carbons (Fsp3) is 0.556. The first-order valence-corrected chi connectivity index (χ1v) is 4.22. The first kappa shape index (κ1) is 8.97. The van der Waals surface area contributed by atoms with E-state index in [2.05, 4.69) is 18.9 Å². The monoisotopic (exact) mass is 166 g/mol. The molecule has 0 aliphatic rings. The van der Waals surface area contributed by atoms with Gasteiger partial charge in [0.25, 0.3) is 0 Å². The lowest BCUT2D eigenvalue weighted by Crippen LogP contribution is -2.07. The van der Waals surface area contributed by atoms with Crippen molar-refractivity contribution in [2.75, 3.05) is 0 Å². The first-order chi connectivity index (χ1) is 5.70. The fourth-order valence-corrected chi connectivity index (χ4v) is 1.31. The molecular weight excluding hydrogens is 152 g/mol. The molecule has 12 heavy (non-hydrogen) atoms. The second-order valence-corrected chi connectivity index (χ2v) is 3.06. The van der Waals surface area contributed by atoms with Gasteiger partial charge in [-0.25, -0.2) is 0 Å². The van der Waals surface area contributed by atoms with E-state index in [1.54, 1.807) is 6.20 Å². The lowest BCUT2D eigenvalue weighted by Gasteiger charge is -2.09. The molecular formula is C9H14N2O. The quantitative estimate of drug-likeness (QED) is 0.642. The van der Waals surface area contributed by atoms with E-state index in [1.807, 2.05) is 11.6 Å². The van der Waals surface area contributed by atoms with Crippen LogP contribution in [0.3, 0.4) is 0 Å². The predicted molar refractivity (Wildman–Crippen MR) is 47.4 cm³/mol. The maximum Gasteiger partial charge on any atom is 0.153 e. The summed E-state index contributed by atoms with van der Waals surface area (Å²) in [6.45, 7) is 6.14. The number of carbonyl (C=O) groups is 1. The predicted octanol–water partition coefficient (Wildman–Crippen LogP) is 1.84. The molecule has 0 spiro atoms. The van der Waals surface area contributed by atoms with Crippen molar-refractivity contribution >= 4 is 6.29 Å². The minimum atomic E-state index is 0.327. The van der Waals surface area contributed by atoms with Gasteiger partial charge >= 0.3 is 0 Å². The van der Waals surface area contributed by atoms with E-state index >= 15 is 0 Å². The summed E-state index contributed by atoms with van der Waals surface area (Å²) in [5.74, 6) is 0. The third kappa shape index (κ3) is 1.40. The first-order valence-electron chi connectivity index (χ1n) is 4.22. The van der Waals surface area contributed by atoms with E-state index in [0.717, 1.165) is 18.4 Å². The molecule has 1 aromatic rings. The fourth-order valence-electron chi connectivity index (χ4n) is 1.31. The number of hydrogen-bond acceptors (Lipinski definition) is 2. The summed E-state index contributed by atoms with van der Waals surface area (Å²) in [6.07, 6.45) is 3.35. The maximum absolute atomic E-state index is 10.6. The summed E-state index contributed by atoms with van der Waals surface area (Å²) in [5, 5.41) is 4.14. The van der Waals surface area contributed by atoms with Crippen molar-refractivity contribution in [1.82, 2.24) is 9.78 Å². The molecule has 3 heteroatoms. The molecule has 0 atom stereocenters. The van der Waals surface area contributed by atoms with Crippen LogP contribution in [-0.2, 0) is 6.42 Å². The Balaban J connectivity index is 3.13. The highest BCUT2D eigenvalue weighted by Gasteiger charge is 2.09. The third-order valence-corrected chi connectivity index (χ3v) is 1.88. The summed E-state index contributed by atoms with van der Waals surface area (Å²) >= 11 is 0. The number of hydrogen-bond donors (Lipinski definition) is 0. The molecule has 66 valence electrons. The molecule has 0 saturated heterocycles. The van der Waals surface area contributed by atoms with Crippen LogP contribution < -0.4 is 0 Å². The highest BCUT2D eigenvalue weighted by molar-refractivity contribution is 5.75. The molecule has 3 nitrogen and oxygen atoms in total. The van der Waals surface area contributed by atoms with E-state index in [4.69, 9.17) is 0 Å². The van der Waals surface area contributed by atoms with Gasteiger partial charge < -0.3 is 0 Å². The van der Waals surface area contributed by atoms with Gasteiger partial charge in [0.15, 0.2) is 6.29 Å². The van der Waals surface area contributed by atoms with Gasteiger partial charge in [-0.1, -0.05) is 6.92 Å². The van der Waals surface area contributed by atoms with E-state index in [1.165, 1.54) is 0 Å². The van der Waals surface area contributed by atoms with Gasteiger partial charge in [-0.05, 0) is 20.3 Å². The second kappa shape index (κ2) is 3.52. The normalized spacial score (nSPS) is 10.7. The largest absolute Gasteiger partial charge is 0.298 e. The molecule has 0 N–H and O–H groups in total. The Bertz CT molecular complexity index is 276. The zero-order chi connectivity index (χ0) is 9.14. The minimum absolute atomic E-state index is 0.327. The number of carbonyl (C=O) groups excluding carboxylic acids is 1. The molecule has 1 aromatic heterocycles. The third-order valence-electron chi connectivity index (χ3n) is 1.88.